The number of methoxy groups -OCH3 is 2. The Morgan fingerprint density at radius 1 is 1.45 bits per heavy atom. The first kappa shape index (κ1) is 18.7. The molecule has 124 valence electrons. The summed E-state index contributed by atoms with van der Waals surface area (Å²) in [4.78, 5) is 13.9. The molecule has 0 fully saturated rings. The summed E-state index contributed by atoms with van der Waals surface area (Å²) in [7, 11) is 4.91. The second-order valence-electron chi connectivity index (χ2n) is 5.01. The minimum absolute atomic E-state index is 0.145. The van der Waals surface area contributed by atoms with Gasteiger partial charge in [0.15, 0.2) is 0 Å². The average molecular weight is 331 g/mol. The monoisotopic (exact) mass is 330 g/mol. The van der Waals surface area contributed by atoms with Crippen LogP contribution in [-0.2, 0) is 9.53 Å². The van der Waals surface area contributed by atoms with Crippen LogP contribution in [0.3, 0.4) is 0 Å². The number of carbonyl (C=O) groups is 1. The van der Waals surface area contributed by atoms with Crippen molar-refractivity contribution in [2.24, 2.45) is 0 Å². The molecule has 1 aromatic carbocycles. The van der Waals surface area contributed by atoms with E-state index in [-0.39, 0.29) is 12.5 Å². The number of rotatable bonds is 9. The summed E-state index contributed by atoms with van der Waals surface area (Å²) in [5.41, 5.74) is 0.544. The third-order valence-corrected chi connectivity index (χ3v) is 3.27. The Labute approximate surface area is 136 Å². The summed E-state index contributed by atoms with van der Waals surface area (Å²) in [6.45, 7) is 1.24. The summed E-state index contributed by atoms with van der Waals surface area (Å²) in [6, 6.07) is 5.04. The van der Waals surface area contributed by atoms with Crippen LogP contribution < -0.4 is 10.1 Å². The van der Waals surface area contributed by atoms with E-state index in [2.05, 4.69) is 5.32 Å². The van der Waals surface area contributed by atoms with Crippen molar-refractivity contribution in [3.63, 3.8) is 0 Å². The van der Waals surface area contributed by atoms with Gasteiger partial charge in [0.2, 0.25) is 5.91 Å². The van der Waals surface area contributed by atoms with Crippen LogP contribution in [0, 0.1) is 0 Å². The Kier molecular flexibility index (Phi) is 8.19. The normalized spacial score (nSPS) is 12.3. The van der Waals surface area contributed by atoms with E-state index >= 15 is 0 Å². The summed E-state index contributed by atoms with van der Waals surface area (Å²) < 4.78 is 10.0. The lowest BCUT2D eigenvalue weighted by Crippen LogP contribution is -2.33. The molecule has 2 N–H and O–H groups in total. The summed E-state index contributed by atoms with van der Waals surface area (Å²) in [5.74, 6) is 0.412. The number of hydrogen-bond donors (Lipinski definition) is 2. The number of nitrogens with zero attached hydrogens (tertiary/aromatic N) is 1. The number of aliphatic hydroxyl groups excluding tert-OH is 1. The predicted molar refractivity (Wildman–Crippen MR) is 86.6 cm³/mol. The van der Waals surface area contributed by atoms with E-state index in [0.717, 1.165) is 0 Å². The van der Waals surface area contributed by atoms with Crippen LogP contribution in [0.4, 0.5) is 5.69 Å². The number of benzene rings is 1. The van der Waals surface area contributed by atoms with Gasteiger partial charge >= 0.3 is 0 Å². The van der Waals surface area contributed by atoms with Crippen LogP contribution in [0.15, 0.2) is 18.2 Å². The molecule has 0 bridgehead atoms. The highest BCUT2D eigenvalue weighted by atomic mass is 35.5. The van der Waals surface area contributed by atoms with Crippen LogP contribution in [-0.4, -0.2) is 63.0 Å². The number of ether oxygens (including phenoxy) is 2. The molecule has 0 aliphatic heterocycles. The molecule has 22 heavy (non-hydrogen) atoms. The number of hydrogen-bond acceptors (Lipinski definition) is 5. The third-order valence-electron chi connectivity index (χ3n) is 3.04. The van der Waals surface area contributed by atoms with Crippen molar-refractivity contribution in [3.8, 4) is 5.75 Å². The summed E-state index contributed by atoms with van der Waals surface area (Å²) >= 11 is 5.92. The molecule has 1 rings (SSSR count). The molecule has 0 heterocycles. The van der Waals surface area contributed by atoms with Gasteiger partial charge in [0, 0.05) is 31.6 Å². The van der Waals surface area contributed by atoms with Gasteiger partial charge in [-0.3, -0.25) is 4.79 Å². The van der Waals surface area contributed by atoms with Crippen LogP contribution in [0.2, 0.25) is 5.02 Å². The van der Waals surface area contributed by atoms with Crippen molar-refractivity contribution >= 4 is 23.2 Å². The number of anilines is 1. The Bertz CT molecular complexity index is 485. The van der Waals surface area contributed by atoms with Gasteiger partial charge in [-0.05, 0) is 25.2 Å². The summed E-state index contributed by atoms with van der Waals surface area (Å²) in [6.07, 6.45) is -0.266. The molecule has 0 aliphatic rings. The van der Waals surface area contributed by atoms with Crippen molar-refractivity contribution in [1.82, 2.24) is 4.90 Å². The largest absolute Gasteiger partial charge is 0.495 e. The molecule has 0 saturated carbocycles. The second kappa shape index (κ2) is 9.63. The minimum Gasteiger partial charge on any atom is -0.495 e. The molecule has 1 unspecified atom stereocenters. The zero-order valence-corrected chi connectivity index (χ0v) is 13.9. The van der Waals surface area contributed by atoms with E-state index in [9.17, 15) is 9.90 Å². The maximum atomic E-state index is 12.0. The maximum Gasteiger partial charge on any atom is 0.225 e. The fraction of sp³-hybridized carbons (Fsp3) is 0.533. The Hall–Kier alpha value is -1.34. The first-order valence-corrected chi connectivity index (χ1v) is 7.33. The quantitative estimate of drug-likeness (QED) is 0.720. The molecule has 1 atom stereocenters. The highest BCUT2D eigenvalue weighted by Gasteiger charge is 2.11. The molecule has 0 aromatic heterocycles. The second-order valence-corrected chi connectivity index (χ2v) is 5.45. The molecule has 0 spiro atoms. The first-order chi connectivity index (χ1) is 10.5. The topological polar surface area (TPSA) is 71.0 Å². The van der Waals surface area contributed by atoms with Crippen LogP contribution in [0.5, 0.6) is 5.75 Å². The molecule has 1 aromatic rings. The minimum atomic E-state index is -0.564. The molecular weight excluding hydrogens is 308 g/mol. The van der Waals surface area contributed by atoms with E-state index in [1.54, 1.807) is 18.2 Å². The SMILES string of the molecule is COCC(O)CN(C)CCC(=O)Nc1cc(Cl)ccc1OC. The van der Waals surface area contributed by atoms with E-state index in [1.165, 1.54) is 14.2 Å². The van der Waals surface area contributed by atoms with Crippen molar-refractivity contribution in [3.05, 3.63) is 23.2 Å². The molecule has 6 nitrogen and oxygen atoms in total. The smallest absolute Gasteiger partial charge is 0.225 e. The van der Waals surface area contributed by atoms with Crippen molar-refractivity contribution < 1.29 is 19.4 Å². The van der Waals surface area contributed by atoms with E-state index in [1.807, 2.05) is 11.9 Å². The zero-order valence-electron chi connectivity index (χ0n) is 13.1. The average Bonchev–Trinajstić information content (AvgIpc) is 2.45. The lowest BCUT2D eigenvalue weighted by Gasteiger charge is -2.20. The van der Waals surface area contributed by atoms with Crippen molar-refractivity contribution in [1.29, 1.82) is 0 Å². The number of halogens is 1. The zero-order chi connectivity index (χ0) is 16.5. The van der Waals surface area contributed by atoms with Gasteiger partial charge in [-0.2, -0.15) is 0 Å². The molecule has 1 amide bonds. The van der Waals surface area contributed by atoms with Gasteiger partial charge in [0.1, 0.15) is 5.75 Å². The lowest BCUT2D eigenvalue weighted by molar-refractivity contribution is -0.116. The fourth-order valence-electron chi connectivity index (χ4n) is 1.98. The van der Waals surface area contributed by atoms with Crippen LogP contribution in [0.25, 0.3) is 0 Å². The third kappa shape index (κ3) is 6.62. The Balaban J connectivity index is 2.45. The molecule has 7 heteroatoms. The number of likely N-dealkylation sites (N-methyl/N-ethyl adjacent to an activating group) is 1. The Morgan fingerprint density at radius 3 is 2.82 bits per heavy atom. The van der Waals surface area contributed by atoms with Gasteiger partial charge in [-0.15, -0.1) is 0 Å². The van der Waals surface area contributed by atoms with E-state index < -0.39 is 6.10 Å². The molecule has 0 radical (unpaired) electrons. The van der Waals surface area contributed by atoms with E-state index in [0.29, 0.717) is 36.0 Å². The maximum absolute atomic E-state index is 12.0. The molecule has 0 saturated heterocycles. The fourth-order valence-corrected chi connectivity index (χ4v) is 2.15. The van der Waals surface area contributed by atoms with Gasteiger partial charge < -0.3 is 24.8 Å². The van der Waals surface area contributed by atoms with Crippen molar-refractivity contribution in [2.75, 3.05) is 46.3 Å². The van der Waals surface area contributed by atoms with Crippen LogP contribution >= 0.6 is 11.6 Å². The van der Waals surface area contributed by atoms with Gasteiger partial charge in [-0.1, -0.05) is 11.6 Å². The highest BCUT2D eigenvalue weighted by molar-refractivity contribution is 6.31. The molecular formula is C15H23ClN2O4. The Morgan fingerprint density at radius 2 is 2.18 bits per heavy atom. The number of nitrogens with one attached hydrogen (secondary N) is 1. The van der Waals surface area contributed by atoms with Crippen molar-refractivity contribution in [2.45, 2.75) is 12.5 Å². The van der Waals surface area contributed by atoms with E-state index in [4.69, 9.17) is 21.1 Å². The number of carbonyl (C=O) groups excluding carboxylic acids is 1. The standard InChI is InChI=1S/C15H23ClN2O4/c1-18(9-12(19)10-21-2)7-6-15(20)17-13-8-11(16)4-5-14(13)22-3/h4-5,8,12,19H,6-7,9-10H2,1-3H3,(H,17,20). The molecule has 0 aliphatic carbocycles. The summed E-state index contributed by atoms with van der Waals surface area (Å²) in [5, 5.41) is 12.9. The first-order valence-electron chi connectivity index (χ1n) is 6.95. The highest BCUT2D eigenvalue weighted by Crippen LogP contribution is 2.27. The van der Waals surface area contributed by atoms with Crippen LogP contribution in [0.1, 0.15) is 6.42 Å². The predicted octanol–water partition coefficient (Wildman–Crippen LogP) is 1.62. The number of amides is 1. The van der Waals surface area contributed by atoms with Gasteiger partial charge in [0.25, 0.3) is 0 Å². The number of aliphatic hydroxyl groups is 1. The van der Waals surface area contributed by atoms with Gasteiger partial charge in [-0.25, -0.2) is 0 Å². The lowest BCUT2D eigenvalue weighted by atomic mass is 10.2. The van der Waals surface area contributed by atoms with Gasteiger partial charge in [0.05, 0.1) is 25.5 Å².